The van der Waals surface area contributed by atoms with Crippen molar-refractivity contribution in [3.63, 3.8) is 0 Å². The van der Waals surface area contributed by atoms with E-state index in [1.165, 1.54) is 0 Å². The van der Waals surface area contributed by atoms with Crippen molar-refractivity contribution in [2.75, 3.05) is 0 Å². The van der Waals surface area contributed by atoms with Crippen LogP contribution >= 0.6 is 33.9 Å². The fourth-order valence-electron chi connectivity index (χ4n) is 1.83. The topological polar surface area (TPSA) is 53.4 Å². The van der Waals surface area contributed by atoms with Gasteiger partial charge in [-0.1, -0.05) is 6.07 Å². The van der Waals surface area contributed by atoms with Crippen molar-refractivity contribution in [1.29, 1.82) is 0 Å². The summed E-state index contributed by atoms with van der Waals surface area (Å²) in [4.78, 5) is 4.58. The summed E-state index contributed by atoms with van der Waals surface area (Å²) in [5.74, 6) is 0.285. The number of phenols is 1. The molecule has 0 atom stereocenters. The molecule has 1 heterocycles. The molecule has 0 bridgehead atoms. The zero-order valence-electron chi connectivity index (χ0n) is 9.80. The Bertz CT molecular complexity index is 754. The predicted octanol–water partition coefficient (Wildman–Crippen LogP) is 3.77. The van der Waals surface area contributed by atoms with Crippen molar-refractivity contribution in [2.24, 2.45) is 0 Å². The van der Waals surface area contributed by atoms with Gasteiger partial charge in [-0.3, -0.25) is 0 Å². The molecule has 0 spiro atoms. The number of benzene rings is 2. The first-order chi connectivity index (χ1) is 9.17. The maximum Gasteiger partial charge on any atom is 0.128 e. The Hall–Kier alpha value is -1.18. The third-order valence-electron chi connectivity index (χ3n) is 2.83. The number of aromatic nitrogens is 1. The first kappa shape index (κ1) is 12.8. The van der Waals surface area contributed by atoms with E-state index in [2.05, 4.69) is 27.6 Å². The third-order valence-corrected chi connectivity index (χ3v) is 4.76. The molecule has 0 saturated carbocycles. The molecule has 96 valence electrons. The predicted molar refractivity (Wildman–Crippen MR) is 85.4 cm³/mol. The quantitative estimate of drug-likeness (QED) is 0.663. The summed E-state index contributed by atoms with van der Waals surface area (Å²) < 4.78 is 1.87. The molecule has 0 aliphatic carbocycles. The van der Waals surface area contributed by atoms with E-state index >= 15 is 0 Å². The number of nitrogens with zero attached hydrogens (tertiary/aromatic N) is 1. The molecule has 3 rings (SSSR count). The van der Waals surface area contributed by atoms with Crippen LogP contribution in [0.4, 0.5) is 0 Å². The van der Waals surface area contributed by atoms with Crippen LogP contribution in [0.1, 0.15) is 5.56 Å². The Morgan fingerprint density at radius 1 is 1.16 bits per heavy atom. The molecule has 0 fully saturated rings. The number of fused-ring (bicyclic) bond motifs is 1. The summed E-state index contributed by atoms with van der Waals surface area (Å²) in [6.07, 6.45) is 0. The monoisotopic (exact) mass is 383 g/mol. The van der Waals surface area contributed by atoms with Gasteiger partial charge in [0.25, 0.3) is 0 Å². The maximum atomic E-state index is 9.55. The molecule has 0 saturated heterocycles. The van der Waals surface area contributed by atoms with Crippen LogP contribution in [-0.4, -0.2) is 15.2 Å². The number of rotatable bonds is 2. The fraction of sp³-hybridized carbons (Fsp3) is 0.0714. The molecule has 2 N–H and O–H groups in total. The average molecular weight is 383 g/mol. The largest absolute Gasteiger partial charge is 0.507 e. The van der Waals surface area contributed by atoms with Crippen LogP contribution in [0.15, 0.2) is 36.4 Å². The molecule has 1 aromatic heterocycles. The summed E-state index contributed by atoms with van der Waals surface area (Å²) in [5, 5.41) is 19.6. The fourth-order valence-corrected chi connectivity index (χ4v) is 3.37. The molecule has 0 radical (unpaired) electrons. The Balaban J connectivity index is 2.11. The van der Waals surface area contributed by atoms with Crippen molar-refractivity contribution >= 4 is 44.1 Å². The van der Waals surface area contributed by atoms with E-state index in [4.69, 9.17) is 5.11 Å². The molecular formula is C14H10INO2S. The number of hydrogen-bond donors (Lipinski definition) is 2. The van der Waals surface area contributed by atoms with E-state index in [1.807, 2.05) is 30.3 Å². The van der Waals surface area contributed by atoms with E-state index in [-0.39, 0.29) is 12.4 Å². The summed E-state index contributed by atoms with van der Waals surface area (Å²) in [6.45, 7) is 0.0419. The standard InChI is InChI=1S/C14H10INO2S/c15-10-6-9(2-4-12(10)18)14-16-11-3-1-8(7-17)5-13(11)19-14/h1-6,17-18H,7H2. The van der Waals surface area contributed by atoms with Crippen LogP contribution in [0.2, 0.25) is 0 Å². The second kappa shape index (κ2) is 5.07. The summed E-state index contributed by atoms with van der Waals surface area (Å²) in [7, 11) is 0. The zero-order chi connectivity index (χ0) is 13.4. The van der Waals surface area contributed by atoms with Crippen molar-refractivity contribution < 1.29 is 10.2 Å². The van der Waals surface area contributed by atoms with E-state index < -0.39 is 0 Å². The number of aromatic hydroxyl groups is 1. The van der Waals surface area contributed by atoms with Crippen LogP contribution in [0.5, 0.6) is 5.75 Å². The second-order valence-electron chi connectivity index (χ2n) is 4.15. The van der Waals surface area contributed by atoms with Gasteiger partial charge in [0.15, 0.2) is 0 Å². The van der Waals surface area contributed by atoms with Crippen LogP contribution in [0.25, 0.3) is 20.8 Å². The van der Waals surface area contributed by atoms with Gasteiger partial charge in [0.2, 0.25) is 0 Å². The first-order valence-corrected chi connectivity index (χ1v) is 7.56. The third kappa shape index (κ3) is 2.45. The lowest BCUT2D eigenvalue weighted by atomic mass is 10.2. The maximum absolute atomic E-state index is 9.55. The number of aliphatic hydroxyl groups is 1. The molecule has 0 aliphatic rings. The molecule has 0 aliphatic heterocycles. The molecule has 19 heavy (non-hydrogen) atoms. The Labute approximate surface area is 127 Å². The molecule has 2 aromatic carbocycles. The van der Waals surface area contributed by atoms with Crippen molar-refractivity contribution in [1.82, 2.24) is 4.98 Å². The Morgan fingerprint density at radius 3 is 2.74 bits per heavy atom. The van der Waals surface area contributed by atoms with Gasteiger partial charge in [0.05, 0.1) is 20.4 Å². The minimum absolute atomic E-state index is 0.0419. The highest BCUT2D eigenvalue weighted by molar-refractivity contribution is 14.1. The van der Waals surface area contributed by atoms with E-state index in [9.17, 15) is 5.11 Å². The summed E-state index contributed by atoms with van der Waals surface area (Å²) >= 11 is 3.69. The van der Waals surface area contributed by atoms with Gasteiger partial charge < -0.3 is 10.2 Å². The van der Waals surface area contributed by atoms with E-state index in [0.717, 1.165) is 29.9 Å². The second-order valence-corrected chi connectivity index (χ2v) is 6.34. The lowest BCUT2D eigenvalue weighted by molar-refractivity contribution is 0.282. The number of aliphatic hydroxyl groups excluding tert-OH is 1. The number of halogens is 1. The Kier molecular flexibility index (Phi) is 3.42. The molecule has 0 amide bonds. The minimum atomic E-state index is 0.0419. The van der Waals surface area contributed by atoms with Gasteiger partial charge in [0.1, 0.15) is 10.8 Å². The van der Waals surface area contributed by atoms with Gasteiger partial charge in [-0.05, 0) is 58.5 Å². The van der Waals surface area contributed by atoms with E-state index in [1.54, 1.807) is 17.4 Å². The highest BCUT2D eigenvalue weighted by atomic mass is 127. The highest BCUT2D eigenvalue weighted by Gasteiger charge is 2.08. The van der Waals surface area contributed by atoms with Gasteiger partial charge in [-0.2, -0.15) is 0 Å². The molecule has 3 nitrogen and oxygen atoms in total. The van der Waals surface area contributed by atoms with E-state index in [0.29, 0.717) is 0 Å². The van der Waals surface area contributed by atoms with Gasteiger partial charge in [0, 0.05) is 5.56 Å². The van der Waals surface area contributed by atoms with Crippen LogP contribution in [0, 0.1) is 3.57 Å². The molecule has 0 unspecified atom stereocenters. The van der Waals surface area contributed by atoms with Crippen molar-refractivity contribution in [3.05, 3.63) is 45.5 Å². The lowest BCUT2D eigenvalue weighted by Crippen LogP contribution is -1.80. The van der Waals surface area contributed by atoms with Crippen molar-refractivity contribution in [2.45, 2.75) is 6.61 Å². The summed E-state index contributed by atoms with van der Waals surface area (Å²) in [5.41, 5.74) is 2.82. The average Bonchev–Trinajstić information content (AvgIpc) is 2.84. The van der Waals surface area contributed by atoms with Gasteiger partial charge >= 0.3 is 0 Å². The Morgan fingerprint density at radius 2 is 2.00 bits per heavy atom. The minimum Gasteiger partial charge on any atom is -0.507 e. The number of hydrogen-bond acceptors (Lipinski definition) is 4. The van der Waals surface area contributed by atoms with Gasteiger partial charge in [-0.25, -0.2) is 4.98 Å². The molecule has 3 aromatic rings. The normalized spacial score (nSPS) is 11.1. The molecular weight excluding hydrogens is 373 g/mol. The highest BCUT2D eigenvalue weighted by Crippen LogP contribution is 2.33. The zero-order valence-corrected chi connectivity index (χ0v) is 12.8. The van der Waals surface area contributed by atoms with Gasteiger partial charge in [-0.15, -0.1) is 11.3 Å². The van der Waals surface area contributed by atoms with Crippen molar-refractivity contribution in [3.8, 4) is 16.3 Å². The number of phenolic OH excluding ortho intramolecular Hbond substituents is 1. The SMILES string of the molecule is OCc1ccc2nc(-c3ccc(O)c(I)c3)sc2c1. The lowest BCUT2D eigenvalue weighted by Gasteiger charge is -1.99. The molecule has 5 heteroatoms. The van der Waals surface area contributed by atoms with Crippen LogP contribution < -0.4 is 0 Å². The van der Waals surface area contributed by atoms with Crippen LogP contribution in [0.3, 0.4) is 0 Å². The first-order valence-electron chi connectivity index (χ1n) is 5.66. The smallest absolute Gasteiger partial charge is 0.128 e. The summed E-state index contributed by atoms with van der Waals surface area (Å²) in [6, 6.07) is 11.2. The number of thiazole rings is 1. The van der Waals surface area contributed by atoms with Crippen LogP contribution in [-0.2, 0) is 6.61 Å².